The van der Waals surface area contributed by atoms with Gasteiger partial charge in [-0.05, 0) is 74.3 Å². The number of sulfone groups is 1. The van der Waals surface area contributed by atoms with E-state index in [4.69, 9.17) is 0 Å². The number of rotatable bonds is 2. The third-order valence-electron chi connectivity index (χ3n) is 5.72. The molecular formula is C20H23FN2O2S. The number of nitrogens with zero attached hydrogens (tertiary/aromatic N) is 1. The van der Waals surface area contributed by atoms with Gasteiger partial charge in [0.25, 0.3) is 0 Å². The molecule has 2 heterocycles. The van der Waals surface area contributed by atoms with Gasteiger partial charge in [0.2, 0.25) is 9.84 Å². The van der Waals surface area contributed by atoms with E-state index in [0.717, 1.165) is 30.6 Å². The van der Waals surface area contributed by atoms with Crippen LogP contribution in [0.2, 0.25) is 0 Å². The second-order valence-electron chi connectivity index (χ2n) is 7.34. The lowest BCUT2D eigenvalue weighted by Gasteiger charge is -2.25. The number of anilines is 1. The van der Waals surface area contributed by atoms with Crippen molar-refractivity contribution in [3.05, 3.63) is 53.8 Å². The Morgan fingerprint density at radius 3 is 2.54 bits per heavy atom. The van der Waals surface area contributed by atoms with Crippen LogP contribution in [0.5, 0.6) is 0 Å². The molecule has 0 saturated carbocycles. The van der Waals surface area contributed by atoms with Gasteiger partial charge in [-0.1, -0.05) is 0 Å². The third kappa shape index (κ3) is 2.81. The highest BCUT2D eigenvalue weighted by Gasteiger charge is 2.39. The lowest BCUT2D eigenvalue weighted by molar-refractivity contribution is 0.496. The standard InChI is InChI=1S/C20H23FN2O2S/c1-13-11-17-18-12-16(26(24,25)15-5-3-14(21)4-6-15)7-8-19(18)23(2)20(17)9-10-22-13/h3-8,12-13,17,20,22H,9-11H2,1-2H3/t13?,17-,20+/m0/s1. The van der Waals surface area contributed by atoms with Crippen molar-refractivity contribution in [1.82, 2.24) is 5.32 Å². The zero-order chi connectivity index (χ0) is 18.5. The molecule has 1 N–H and O–H groups in total. The van der Waals surface area contributed by atoms with Crippen LogP contribution in [0.15, 0.2) is 52.3 Å². The molecule has 3 atom stereocenters. The topological polar surface area (TPSA) is 49.4 Å². The highest BCUT2D eigenvalue weighted by molar-refractivity contribution is 7.91. The van der Waals surface area contributed by atoms with E-state index in [1.54, 1.807) is 6.07 Å². The summed E-state index contributed by atoms with van der Waals surface area (Å²) < 4.78 is 39.1. The van der Waals surface area contributed by atoms with Crippen LogP contribution in [0.3, 0.4) is 0 Å². The number of hydrogen-bond acceptors (Lipinski definition) is 4. The van der Waals surface area contributed by atoms with E-state index < -0.39 is 15.7 Å². The molecule has 0 aromatic heterocycles. The van der Waals surface area contributed by atoms with Crippen molar-refractivity contribution >= 4 is 15.5 Å². The van der Waals surface area contributed by atoms with Gasteiger partial charge in [-0.3, -0.25) is 0 Å². The lowest BCUT2D eigenvalue weighted by atomic mass is 9.89. The molecule has 0 bridgehead atoms. The Hall–Kier alpha value is -1.92. The molecule has 1 unspecified atom stereocenters. The van der Waals surface area contributed by atoms with Crippen LogP contribution < -0.4 is 10.2 Å². The molecule has 6 heteroatoms. The summed E-state index contributed by atoms with van der Waals surface area (Å²) in [6, 6.07) is 11.2. The molecule has 1 saturated heterocycles. The molecule has 4 nitrogen and oxygen atoms in total. The number of benzene rings is 2. The Morgan fingerprint density at radius 2 is 1.81 bits per heavy atom. The van der Waals surface area contributed by atoms with Gasteiger partial charge < -0.3 is 10.2 Å². The summed E-state index contributed by atoms with van der Waals surface area (Å²) in [4.78, 5) is 2.69. The van der Waals surface area contributed by atoms with Crippen LogP contribution in [0.25, 0.3) is 0 Å². The van der Waals surface area contributed by atoms with Crippen LogP contribution in [-0.2, 0) is 9.84 Å². The van der Waals surface area contributed by atoms with Crippen molar-refractivity contribution in [1.29, 1.82) is 0 Å². The molecule has 2 aliphatic heterocycles. The predicted octanol–water partition coefficient (Wildman–Crippen LogP) is 3.33. The number of likely N-dealkylation sites (N-methyl/N-ethyl adjacent to an activating group) is 1. The van der Waals surface area contributed by atoms with Gasteiger partial charge in [-0.15, -0.1) is 0 Å². The highest BCUT2D eigenvalue weighted by atomic mass is 32.2. The fourth-order valence-corrected chi connectivity index (χ4v) is 5.64. The third-order valence-corrected chi connectivity index (χ3v) is 7.48. The van der Waals surface area contributed by atoms with Crippen molar-refractivity contribution in [2.24, 2.45) is 0 Å². The molecule has 0 amide bonds. The van der Waals surface area contributed by atoms with E-state index in [1.807, 2.05) is 12.1 Å². The lowest BCUT2D eigenvalue weighted by Crippen LogP contribution is -2.31. The molecule has 2 aromatic carbocycles. The van der Waals surface area contributed by atoms with Crippen LogP contribution in [0.1, 0.15) is 31.2 Å². The van der Waals surface area contributed by atoms with Crippen molar-refractivity contribution in [2.75, 3.05) is 18.5 Å². The summed E-state index contributed by atoms with van der Waals surface area (Å²) in [7, 11) is -1.57. The maximum atomic E-state index is 13.2. The van der Waals surface area contributed by atoms with E-state index in [-0.39, 0.29) is 9.79 Å². The van der Waals surface area contributed by atoms with Gasteiger partial charge in [-0.2, -0.15) is 0 Å². The number of nitrogens with one attached hydrogen (secondary N) is 1. The quantitative estimate of drug-likeness (QED) is 0.819. The zero-order valence-electron chi connectivity index (χ0n) is 14.9. The summed E-state index contributed by atoms with van der Waals surface area (Å²) in [5.41, 5.74) is 2.23. The zero-order valence-corrected chi connectivity index (χ0v) is 15.8. The van der Waals surface area contributed by atoms with Crippen molar-refractivity contribution in [3.8, 4) is 0 Å². The highest BCUT2D eigenvalue weighted by Crippen LogP contribution is 2.45. The van der Waals surface area contributed by atoms with Gasteiger partial charge in [-0.25, -0.2) is 12.8 Å². The number of hydrogen-bond donors (Lipinski definition) is 1. The first kappa shape index (κ1) is 17.5. The fourth-order valence-electron chi connectivity index (χ4n) is 4.34. The number of halogens is 1. The Morgan fingerprint density at radius 1 is 1.12 bits per heavy atom. The minimum absolute atomic E-state index is 0.123. The molecular weight excluding hydrogens is 351 g/mol. The molecule has 4 rings (SSSR count). The first-order chi connectivity index (χ1) is 12.4. The van der Waals surface area contributed by atoms with Gasteiger partial charge in [0.15, 0.2) is 0 Å². The minimum atomic E-state index is -3.66. The molecule has 0 spiro atoms. The van der Waals surface area contributed by atoms with Crippen molar-refractivity contribution in [3.63, 3.8) is 0 Å². The Labute approximate surface area is 153 Å². The smallest absolute Gasteiger partial charge is 0.206 e. The average molecular weight is 374 g/mol. The van der Waals surface area contributed by atoms with Crippen LogP contribution in [-0.4, -0.2) is 34.1 Å². The normalized spacial score (nSPS) is 25.5. The largest absolute Gasteiger partial charge is 0.371 e. The van der Waals surface area contributed by atoms with Crippen molar-refractivity contribution in [2.45, 2.75) is 47.6 Å². The van der Waals surface area contributed by atoms with Gasteiger partial charge in [0, 0.05) is 30.7 Å². The van der Waals surface area contributed by atoms with Gasteiger partial charge in [0.05, 0.1) is 9.79 Å². The second kappa shape index (κ2) is 6.35. The molecule has 2 aromatic rings. The van der Waals surface area contributed by atoms with E-state index in [1.165, 1.54) is 24.3 Å². The summed E-state index contributed by atoms with van der Waals surface area (Å²) in [5.74, 6) is -0.120. The molecule has 0 aliphatic carbocycles. The van der Waals surface area contributed by atoms with Crippen LogP contribution in [0, 0.1) is 5.82 Å². The van der Waals surface area contributed by atoms with Gasteiger partial charge >= 0.3 is 0 Å². The molecule has 26 heavy (non-hydrogen) atoms. The Bertz CT molecular complexity index is 927. The van der Waals surface area contributed by atoms with Gasteiger partial charge in [0.1, 0.15) is 5.82 Å². The van der Waals surface area contributed by atoms with E-state index in [0.29, 0.717) is 18.0 Å². The second-order valence-corrected chi connectivity index (χ2v) is 9.29. The molecule has 1 fully saturated rings. The van der Waals surface area contributed by atoms with E-state index in [2.05, 4.69) is 24.2 Å². The Balaban J connectivity index is 1.77. The molecule has 2 aliphatic rings. The van der Waals surface area contributed by atoms with Crippen LogP contribution >= 0.6 is 0 Å². The van der Waals surface area contributed by atoms with E-state index >= 15 is 0 Å². The maximum absolute atomic E-state index is 13.2. The summed E-state index contributed by atoms with van der Waals surface area (Å²) in [6.45, 7) is 3.15. The summed E-state index contributed by atoms with van der Waals surface area (Å²) >= 11 is 0. The predicted molar refractivity (Wildman–Crippen MR) is 99.9 cm³/mol. The van der Waals surface area contributed by atoms with Crippen molar-refractivity contribution < 1.29 is 12.8 Å². The number of fused-ring (bicyclic) bond motifs is 3. The van der Waals surface area contributed by atoms with E-state index in [9.17, 15) is 12.8 Å². The maximum Gasteiger partial charge on any atom is 0.206 e. The fraction of sp³-hybridized carbons (Fsp3) is 0.400. The first-order valence-electron chi connectivity index (χ1n) is 8.99. The average Bonchev–Trinajstić information content (AvgIpc) is 2.76. The molecule has 138 valence electrons. The minimum Gasteiger partial charge on any atom is -0.371 e. The first-order valence-corrected chi connectivity index (χ1v) is 10.5. The molecule has 0 radical (unpaired) electrons. The van der Waals surface area contributed by atoms with Crippen LogP contribution in [0.4, 0.5) is 10.1 Å². The Kier molecular flexibility index (Phi) is 4.28. The SMILES string of the molecule is CC1C[C@H]2c3cc(S(=O)(=O)c4ccc(F)cc4)ccc3N(C)[C@@H]2CCN1. The monoisotopic (exact) mass is 374 g/mol. The summed E-state index contributed by atoms with van der Waals surface area (Å²) in [5, 5.41) is 3.52. The summed E-state index contributed by atoms with van der Waals surface area (Å²) in [6.07, 6.45) is 2.03.